The molecule has 1 amide bonds. The zero-order valence-corrected chi connectivity index (χ0v) is 14.4. The van der Waals surface area contributed by atoms with E-state index in [9.17, 15) is 4.79 Å². The standard InChI is InChI=1S/C17H20N8O/c1-23-9-13(8-20-23)10-24-11-15(16(12-24)25-7-6-19-22-25)21-17(26)14-2-4-18-5-3-14/h2-9,15-16H,10-12H2,1H3,(H,21,26)/t15-,16+/m1/s1. The Morgan fingerprint density at radius 1 is 1.27 bits per heavy atom. The van der Waals surface area contributed by atoms with E-state index in [2.05, 4.69) is 30.6 Å². The second-order valence-electron chi connectivity index (χ2n) is 6.48. The molecule has 0 aromatic carbocycles. The van der Waals surface area contributed by atoms with E-state index >= 15 is 0 Å². The Kier molecular flexibility index (Phi) is 4.44. The summed E-state index contributed by atoms with van der Waals surface area (Å²) in [6, 6.07) is 3.39. The molecule has 0 spiro atoms. The van der Waals surface area contributed by atoms with Gasteiger partial charge in [-0.25, -0.2) is 4.68 Å². The summed E-state index contributed by atoms with van der Waals surface area (Å²) >= 11 is 0. The van der Waals surface area contributed by atoms with Crippen LogP contribution in [-0.4, -0.2) is 59.7 Å². The molecule has 134 valence electrons. The summed E-state index contributed by atoms with van der Waals surface area (Å²) in [5, 5.41) is 15.4. The number of carbonyl (C=O) groups excluding carboxylic acids is 1. The molecule has 4 heterocycles. The van der Waals surface area contributed by atoms with Crippen molar-refractivity contribution in [1.29, 1.82) is 0 Å². The normalized spacial score (nSPS) is 20.3. The molecule has 3 aromatic heterocycles. The summed E-state index contributed by atoms with van der Waals surface area (Å²) in [5.41, 5.74) is 1.74. The number of aryl methyl sites for hydroxylation is 1. The third kappa shape index (κ3) is 3.47. The van der Waals surface area contributed by atoms with Gasteiger partial charge in [-0.3, -0.25) is 19.4 Å². The maximum absolute atomic E-state index is 12.6. The van der Waals surface area contributed by atoms with Gasteiger partial charge in [0, 0.05) is 62.6 Å². The summed E-state index contributed by atoms with van der Waals surface area (Å²) in [6.07, 6.45) is 10.6. The number of nitrogens with zero attached hydrogens (tertiary/aromatic N) is 7. The number of rotatable bonds is 5. The lowest BCUT2D eigenvalue weighted by atomic mass is 10.1. The summed E-state index contributed by atoms with van der Waals surface area (Å²) < 4.78 is 3.61. The van der Waals surface area contributed by atoms with E-state index in [0.717, 1.165) is 25.2 Å². The zero-order chi connectivity index (χ0) is 17.9. The van der Waals surface area contributed by atoms with Crippen molar-refractivity contribution in [2.24, 2.45) is 7.05 Å². The van der Waals surface area contributed by atoms with Crippen LogP contribution in [0.3, 0.4) is 0 Å². The van der Waals surface area contributed by atoms with Crippen LogP contribution in [0.2, 0.25) is 0 Å². The van der Waals surface area contributed by atoms with E-state index in [1.807, 2.05) is 30.3 Å². The van der Waals surface area contributed by atoms with Crippen LogP contribution >= 0.6 is 0 Å². The number of nitrogens with one attached hydrogen (secondary N) is 1. The molecule has 0 bridgehead atoms. The van der Waals surface area contributed by atoms with E-state index in [4.69, 9.17) is 0 Å². The van der Waals surface area contributed by atoms with Crippen molar-refractivity contribution in [2.45, 2.75) is 18.6 Å². The lowest BCUT2D eigenvalue weighted by Gasteiger charge is -2.19. The van der Waals surface area contributed by atoms with Gasteiger partial charge in [-0.15, -0.1) is 5.10 Å². The number of hydrogen-bond donors (Lipinski definition) is 1. The molecule has 1 fully saturated rings. The minimum absolute atomic E-state index is 0.0277. The van der Waals surface area contributed by atoms with Crippen LogP contribution in [0.4, 0.5) is 0 Å². The van der Waals surface area contributed by atoms with Crippen molar-refractivity contribution < 1.29 is 4.79 Å². The summed E-state index contributed by atoms with van der Waals surface area (Å²) in [4.78, 5) is 18.8. The smallest absolute Gasteiger partial charge is 0.251 e. The first-order valence-corrected chi connectivity index (χ1v) is 8.45. The van der Waals surface area contributed by atoms with Crippen molar-refractivity contribution >= 4 is 5.91 Å². The van der Waals surface area contributed by atoms with Gasteiger partial charge in [0.1, 0.15) is 0 Å². The first-order valence-electron chi connectivity index (χ1n) is 8.45. The fourth-order valence-electron chi connectivity index (χ4n) is 3.37. The molecule has 9 nitrogen and oxygen atoms in total. The van der Waals surface area contributed by atoms with Crippen LogP contribution in [-0.2, 0) is 13.6 Å². The van der Waals surface area contributed by atoms with Crippen molar-refractivity contribution in [3.05, 3.63) is 60.4 Å². The largest absolute Gasteiger partial charge is 0.346 e. The van der Waals surface area contributed by atoms with Gasteiger partial charge in [-0.2, -0.15) is 5.10 Å². The third-order valence-electron chi connectivity index (χ3n) is 4.57. The number of hydrogen-bond acceptors (Lipinski definition) is 6. The Morgan fingerprint density at radius 3 is 2.81 bits per heavy atom. The molecule has 1 saturated heterocycles. The number of carbonyl (C=O) groups is 1. The average molecular weight is 352 g/mol. The fraction of sp³-hybridized carbons (Fsp3) is 0.353. The van der Waals surface area contributed by atoms with Crippen LogP contribution < -0.4 is 5.32 Å². The van der Waals surface area contributed by atoms with Gasteiger partial charge in [0.05, 0.1) is 24.5 Å². The molecule has 9 heteroatoms. The van der Waals surface area contributed by atoms with E-state index in [0.29, 0.717) is 5.56 Å². The van der Waals surface area contributed by atoms with Crippen LogP contribution in [0.1, 0.15) is 22.0 Å². The maximum atomic E-state index is 12.6. The topological polar surface area (TPSA) is 93.8 Å². The highest BCUT2D eigenvalue weighted by Gasteiger charge is 2.35. The minimum atomic E-state index is -0.106. The molecule has 0 saturated carbocycles. The van der Waals surface area contributed by atoms with Crippen LogP contribution in [0.5, 0.6) is 0 Å². The summed E-state index contributed by atoms with van der Waals surface area (Å²) in [7, 11) is 1.91. The van der Waals surface area contributed by atoms with Crippen molar-refractivity contribution in [2.75, 3.05) is 13.1 Å². The first-order chi connectivity index (χ1) is 12.7. The Morgan fingerprint density at radius 2 is 2.12 bits per heavy atom. The number of likely N-dealkylation sites (tertiary alicyclic amines) is 1. The van der Waals surface area contributed by atoms with Gasteiger partial charge in [0.2, 0.25) is 0 Å². The van der Waals surface area contributed by atoms with Crippen molar-refractivity contribution in [1.82, 2.24) is 40.0 Å². The van der Waals surface area contributed by atoms with E-state index in [1.165, 1.54) is 0 Å². The van der Waals surface area contributed by atoms with E-state index < -0.39 is 0 Å². The fourth-order valence-corrected chi connectivity index (χ4v) is 3.37. The molecule has 3 aromatic rings. The monoisotopic (exact) mass is 352 g/mol. The molecule has 1 aliphatic rings. The molecule has 1 N–H and O–H groups in total. The molecule has 1 aliphatic heterocycles. The highest BCUT2D eigenvalue weighted by molar-refractivity contribution is 5.94. The van der Waals surface area contributed by atoms with Crippen LogP contribution in [0.25, 0.3) is 0 Å². The maximum Gasteiger partial charge on any atom is 0.251 e. The average Bonchev–Trinajstić information content (AvgIpc) is 3.38. The Labute approximate surface area is 150 Å². The Hall–Kier alpha value is -3.07. The lowest BCUT2D eigenvalue weighted by molar-refractivity contribution is 0.0929. The first kappa shape index (κ1) is 16.4. The van der Waals surface area contributed by atoms with Gasteiger partial charge in [0.25, 0.3) is 5.91 Å². The Bertz CT molecular complexity index is 860. The van der Waals surface area contributed by atoms with Gasteiger partial charge in [-0.1, -0.05) is 5.21 Å². The highest BCUT2D eigenvalue weighted by Crippen LogP contribution is 2.23. The molecule has 26 heavy (non-hydrogen) atoms. The molecule has 4 rings (SSSR count). The molecule has 0 radical (unpaired) electrons. The van der Waals surface area contributed by atoms with Gasteiger partial charge in [-0.05, 0) is 12.1 Å². The molecule has 0 aliphatic carbocycles. The second kappa shape index (κ2) is 7.04. The van der Waals surface area contributed by atoms with Crippen molar-refractivity contribution in [3.63, 3.8) is 0 Å². The SMILES string of the molecule is Cn1cc(CN2C[C@@H](NC(=O)c3ccncc3)[C@@H](n3ccnn3)C2)cn1. The number of amides is 1. The van der Waals surface area contributed by atoms with Crippen LogP contribution in [0.15, 0.2) is 49.3 Å². The van der Waals surface area contributed by atoms with E-state index in [1.54, 1.807) is 35.4 Å². The molecular formula is C17H20N8O. The lowest BCUT2D eigenvalue weighted by Crippen LogP contribution is -2.41. The third-order valence-corrected chi connectivity index (χ3v) is 4.57. The number of pyridine rings is 1. The second-order valence-corrected chi connectivity index (χ2v) is 6.48. The minimum Gasteiger partial charge on any atom is -0.346 e. The molecule has 2 atom stereocenters. The van der Waals surface area contributed by atoms with Crippen LogP contribution in [0, 0.1) is 0 Å². The highest BCUT2D eigenvalue weighted by atomic mass is 16.1. The zero-order valence-electron chi connectivity index (χ0n) is 14.4. The Balaban J connectivity index is 1.50. The van der Waals surface area contributed by atoms with Gasteiger partial charge < -0.3 is 5.32 Å². The quantitative estimate of drug-likeness (QED) is 0.708. The molecule has 0 unspecified atom stereocenters. The molecular weight excluding hydrogens is 332 g/mol. The van der Waals surface area contributed by atoms with E-state index in [-0.39, 0.29) is 18.0 Å². The number of aromatic nitrogens is 6. The van der Waals surface area contributed by atoms with Gasteiger partial charge >= 0.3 is 0 Å². The summed E-state index contributed by atoms with van der Waals surface area (Å²) in [6.45, 7) is 2.29. The summed E-state index contributed by atoms with van der Waals surface area (Å²) in [5.74, 6) is -0.106. The van der Waals surface area contributed by atoms with Crippen molar-refractivity contribution in [3.8, 4) is 0 Å². The predicted octanol–water partition coefficient (Wildman–Crippen LogP) is 0.262. The predicted molar refractivity (Wildman–Crippen MR) is 93.0 cm³/mol. The van der Waals surface area contributed by atoms with Gasteiger partial charge in [0.15, 0.2) is 0 Å².